The summed E-state index contributed by atoms with van der Waals surface area (Å²) < 4.78 is 5.25. The molecule has 2 amide bonds. The number of nitrogens with one attached hydrogen (secondary N) is 1. The Morgan fingerprint density at radius 1 is 1.09 bits per heavy atom. The fourth-order valence-electron chi connectivity index (χ4n) is 2.82. The molecule has 0 atom stereocenters. The lowest BCUT2D eigenvalue weighted by atomic mass is 10.2. The number of carbonyl (C=O) groups excluding carboxylic acids is 2. The lowest BCUT2D eigenvalue weighted by Crippen LogP contribution is -2.40. The molecule has 0 aliphatic carbocycles. The number of hydrogen-bond donors (Lipinski definition) is 1. The summed E-state index contributed by atoms with van der Waals surface area (Å²) in [6.07, 6.45) is 3.73. The third-order valence-corrected chi connectivity index (χ3v) is 4.19. The number of morpholine rings is 1. The summed E-state index contributed by atoms with van der Waals surface area (Å²) in [6, 6.07) is 3.48. The van der Waals surface area contributed by atoms with Gasteiger partial charge in [0.15, 0.2) is 0 Å². The van der Waals surface area contributed by atoms with Crippen molar-refractivity contribution in [3.05, 3.63) is 23.9 Å². The molecule has 2 aliphatic heterocycles. The van der Waals surface area contributed by atoms with Crippen molar-refractivity contribution in [3.63, 3.8) is 0 Å². The number of hydrogen-bond acceptors (Lipinski definition) is 5. The fourth-order valence-corrected chi connectivity index (χ4v) is 2.82. The van der Waals surface area contributed by atoms with Crippen LogP contribution in [-0.4, -0.2) is 72.5 Å². The largest absolute Gasteiger partial charge is 0.378 e. The molecule has 7 nitrogen and oxygen atoms in total. The van der Waals surface area contributed by atoms with Gasteiger partial charge in [0.2, 0.25) is 5.91 Å². The van der Waals surface area contributed by atoms with Crippen LogP contribution in [0.5, 0.6) is 0 Å². The molecule has 0 spiro atoms. The molecule has 2 fully saturated rings. The van der Waals surface area contributed by atoms with Gasteiger partial charge in [-0.1, -0.05) is 0 Å². The minimum Gasteiger partial charge on any atom is -0.378 e. The quantitative estimate of drug-likeness (QED) is 0.879. The van der Waals surface area contributed by atoms with Crippen LogP contribution in [0.25, 0.3) is 0 Å². The second-order valence-electron chi connectivity index (χ2n) is 5.78. The molecule has 3 heterocycles. The Hall–Kier alpha value is -2.15. The molecule has 1 aromatic rings. The Balaban J connectivity index is 1.52. The summed E-state index contributed by atoms with van der Waals surface area (Å²) in [6.45, 7) is 4.33. The van der Waals surface area contributed by atoms with Crippen LogP contribution >= 0.6 is 0 Å². The highest BCUT2D eigenvalue weighted by molar-refractivity contribution is 5.94. The molecular weight excluding hydrogens is 296 g/mol. The molecule has 0 bridgehead atoms. The molecule has 1 aromatic heterocycles. The molecule has 0 unspecified atom stereocenters. The minimum absolute atomic E-state index is 0.0273. The van der Waals surface area contributed by atoms with Gasteiger partial charge in [0.05, 0.1) is 25.3 Å². The lowest BCUT2D eigenvalue weighted by molar-refractivity contribution is -0.128. The summed E-state index contributed by atoms with van der Waals surface area (Å²) in [4.78, 5) is 32.1. The molecule has 0 radical (unpaired) electrons. The highest BCUT2D eigenvalue weighted by Crippen LogP contribution is 2.11. The molecule has 3 rings (SSSR count). The van der Waals surface area contributed by atoms with Crippen LogP contribution < -0.4 is 5.32 Å². The van der Waals surface area contributed by atoms with E-state index >= 15 is 0 Å². The molecule has 124 valence electrons. The standard InChI is InChI=1S/C16H22N4O3/c21-15(19-5-1-2-6-19)12-18-14-4-3-13(11-17-14)16(22)20-7-9-23-10-8-20/h3-4,11H,1-2,5-10,12H2,(H,17,18). The first kappa shape index (κ1) is 15.7. The summed E-state index contributed by atoms with van der Waals surface area (Å²) >= 11 is 0. The third kappa shape index (κ3) is 3.98. The maximum Gasteiger partial charge on any atom is 0.255 e. The first-order valence-electron chi connectivity index (χ1n) is 8.09. The highest BCUT2D eigenvalue weighted by atomic mass is 16.5. The van der Waals surface area contributed by atoms with Crippen molar-refractivity contribution in [2.24, 2.45) is 0 Å². The van der Waals surface area contributed by atoms with Gasteiger partial charge in [0.25, 0.3) is 5.91 Å². The summed E-state index contributed by atoms with van der Waals surface area (Å²) in [5.41, 5.74) is 0.559. The van der Waals surface area contributed by atoms with E-state index in [2.05, 4.69) is 10.3 Å². The number of ether oxygens (including phenoxy) is 1. The van der Waals surface area contributed by atoms with Gasteiger partial charge in [0.1, 0.15) is 5.82 Å². The van der Waals surface area contributed by atoms with E-state index in [1.54, 1.807) is 23.2 Å². The van der Waals surface area contributed by atoms with Crippen molar-refractivity contribution < 1.29 is 14.3 Å². The number of nitrogens with zero attached hydrogens (tertiary/aromatic N) is 3. The van der Waals surface area contributed by atoms with Crippen LogP contribution in [0.15, 0.2) is 18.3 Å². The number of likely N-dealkylation sites (tertiary alicyclic amines) is 1. The van der Waals surface area contributed by atoms with E-state index in [1.165, 1.54) is 0 Å². The van der Waals surface area contributed by atoms with Crippen molar-refractivity contribution in [2.45, 2.75) is 12.8 Å². The van der Waals surface area contributed by atoms with E-state index in [0.717, 1.165) is 25.9 Å². The van der Waals surface area contributed by atoms with Crippen LogP contribution in [0, 0.1) is 0 Å². The van der Waals surface area contributed by atoms with Gasteiger partial charge in [-0.05, 0) is 25.0 Å². The Labute approximate surface area is 135 Å². The van der Waals surface area contributed by atoms with E-state index in [1.807, 2.05) is 4.90 Å². The maximum atomic E-state index is 12.3. The zero-order valence-corrected chi connectivity index (χ0v) is 13.2. The van der Waals surface area contributed by atoms with E-state index in [0.29, 0.717) is 37.7 Å². The van der Waals surface area contributed by atoms with Crippen molar-refractivity contribution in [3.8, 4) is 0 Å². The van der Waals surface area contributed by atoms with Gasteiger partial charge in [-0.2, -0.15) is 0 Å². The molecule has 0 aromatic carbocycles. The number of aromatic nitrogens is 1. The lowest BCUT2D eigenvalue weighted by Gasteiger charge is -2.26. The molecule has 23 heavy (non-hydrogen) atoms. The molecule has 2 aliphatic rings. The van der Waals surface area contributed by atoms with Crippen LogP contribution in [0.4, 0.5) is 5.82 Å². The smallest absolute Gasteiger partial charge is 0.255 e. The van der Waals surface area contributed by atoms with Gasteiger partial charge in [-0.25, -0.2) is 4.98 Å². The zero-order chi connectivity index (χ0) is 16.1. The van der Waals surface area contributed by atoms with Gasteiger partial charge in [-0.15, -0.1) is 0 Å². The van der Waals surface area contributed by atoms with Gasteiger partial charge >= 0.3 is 0 Å². The number of anilines is 1. The molecule has 1 N–H and O–H groups in total. The molecule has 0 saturated carbocycles. The molecule has 2 saturated heterocycles. The van der Waals surface area contributed by atoms with Crippen molar-refractivity contribution in [2.75, 3.05) is 51.3 Å². The predicted molar refractivity (Wildman–Crippen MR) is 85.3 cm³/mol. The Bertz CT molecular complexity index is 549. The maximum absolute atomic E-state index is 12.3. The van der Waals surface area contributed by atoms with Crippen LogP contribution in [0.1, 0.15) is 23.2 Å². The van der Waals surface area contributed by atoms with E-state index in [9.17, 15) is 9.59 Å². The van der Waals surface area contributed by atoms with Crippen LogP contribution in [0.2, 0.25) is 0 Å². The zero-order valence-electron chi connectivity index (χ0n) is 13.2. The fraction of sp³-hybridized carbons (Fsp3) is 0.562. The highest BCUT2D eigenvalue weighted by Gasteiger charge is 2.19. The Morgan fingerprint density at radius 2 is 1.83 bits per heavy atom. The third-order valence-electron chi connectivity index (χ3n) is 4.19. The molecular formula is C16H22N4O3. The minimum atomic E-state index is -0.0273. The predicted octanol–water partition coefficient (Wildman–Crippen LogP) is 0.588. The number of pyridine rings is 1. The van der Waals surface area contributed by atoms with Gasteiger partial charge in [-0.3, -0.25) is 9.59 Å². The number of rotatable bonds is 4. The SMILES string of the molecule is O=C(CNc1ccc(C(=O)N2CCOCC2)cn1)N1CCCC1. The van der Waals surface area contributed by atoms with Crippen molar-refractivity contribution in [1.82, 2.24) is 14.8 Å². The molecule has 7 heteroatoms. The average Bonchev–Trinajstić information content (AvgIpc) is 3.15. The topological polar surface area (TPSA) is 74.8 Å². The normalized spacial score (nSPS) is 18.1. The average molecular weight is 318 g/mol. The first-order valence-corrected chi connectivity index (χ1v) is 8.09. The second-order valence-corrected chi connectivity index (χ2v) is 5.78. The number of carbonyl (C=O) groups is 2. The first-order chi connectivity index (χ1) is 11.2. The van der Waals surface area contributed by atoms with Crippen LogP contribution in [0.3, 0.4) is 0 Å². The van der Waals surface area contributed by atoms with Gasteiger partial charge < -0.3 is 19.9 Å². The second kappa shape index (κ2) is 7.41. The van der Waals surface area contributed by atoms with E-state index in [-0.39, 0.29) is 18.4 Å². The summed E-state index contributed by atoms with van der Waals surface area (Å²) in [5.74, 6) is 0.675. The number of amides is 2. The van der Waals surface area contributed by atoms with E-state index < -0.39 is 0 Å². The Morgan fingerprint density at radius 3 is 2.48 bits per heavy atom. The summed E-state index contributed by atoms with van der Waals surface area (Å²) in [7, 11) is 0. The Kier molecular flexibility index (Phi) is 5.07. The van der Waals surface area contributed by atoms with Crippen molar-refractivity contribution in [1.29, 1.82) is 0 Å². The van der Waals surface area contributed by atoms with Gasteiger partial charge in [0, 0.05) is 32.4 Å². The monoisotopic (exact) mass is 318 g/mol. The van der Waals surface area contributed by atoms with E-state index in [4.69, 9.17) is 4.74 Å². The summed E-state index contributed by atoms with van der Waals surface area (Å²) in [5, 5.41) is 3.02. The van der Waals surface area contributed by atoms with Crippen LogP contribution in [-0.2, 0) is 9.53 Å². The van der Waals surface area contributed by atoms with Crippen molar-refractivity contribution >= 4 is 17.6 Å².